The summed E-state index contributed by atoms with van der Waals surface area (Å²) < 4.78 is 38.3. The van der Waals surface area contributed by atoms with Crippen LogP contribution in [0.25, 0.3) is 0 Å². The van der Waals surface area contributed by atoms with Gasteiger partial charge in [0.1, 0.15) is 11.6 Å². The number of nitrogens with one attached hydrogen (secondary N) is 2. The fourth-order valence-electron chi connectivity index (χ4n) is 1.85. The minimum atomic E-state index is -4.63. The third kappa shape index (κ3) is 3.28. The van der Waals surface area contributed by atoms with E-state index in [1.807, 2.05) is 0 Å². The second-order valence-corrected chi connectivity index (χ2v) is 4.31. The van der Waals surface area contributed by atoms with Crippen LogP contribution in [0.5, 0.6) is 0 Å². The molecular weight excluding hydrogens is 275 g/mol. The number of anilines is 2. The van der Waals surface area contributed by atoms with E-state index < -0.39 is 12.0 Å². The Labute approximate surface area is 113 Å². The third-order valence-electron chi connectivity index (χ3n) is 2.81. The van der Waals surface area contributed by atoms with Gasteiger partial charge in [0.2, 0.25) is 11.7 Å². The molecule has 2 rings (SSSR count). The van der Waals surface area contributed by atoms with Gasteiger partial charge in [-0.15, -0.1) is 0 Å². The van der Waals surface area contributed by atoms with Crippen molar-refractivity contribution in [1.82, 2.24) is 15.3 Å². The van der Waals surface area contributed by atoms with E-state index in [0.717, 1.165) is 0 Å². The Morgan fingerprint density at radius 2 is 2.15 bits per heavy atom. The number of aromatic nitrogens is 2. The number of hydrogen-bond acceptors (Lipinski definition) is 5. The Morgan fingerprint density at radius 1 is 1.40 bits per heavy atom. The van der Waals surface area contributed by atoms with E-state index >= 15 is 0 Å². The number of amides is 1. The third-order valence-corrected chi connectivity index (χ3v) is 2.81. The van der Waals surface area contributed by atoms with Crippen LogP contribution in [0, 0.1) is 0 Å². The van der Waals surface area contributed by atoms with E-state index in [2.05, 4.69) is 20.6 Å². The van der Waals surface area contributed by atoms with Crippen molar-refractivity contribution < 1.29 is 18.0 Å². The van der Waals surface area contributed by atoms with Gasteiger partial charge in [0.05, 0.1) is 6.54 Å². The molecule has 9 heteroatoms. The number of halogens is 3. The summed E-state index contributed by atoms with van der Waals surface area (Å²) in [5, 5.41) is 5.22. The van der Waals surface area contributed by atoms with Gasteiger partial charge in [-0.2, -0.15) is 13.2 Å². The van der Waals surface area contributed by atoms with Gasteiger partial charge in [-0.05, 0) is 6.42 Å². The first-order valence-corrected chi connectivity index (χ1v) is 6.06. The molecule has 1 aromatic heterocycles. The van der Waals surface area contributed by atoms with Crippen LogP contribution < -0.4 is 15.5 Å². The molecule has 20 heavy (non-hydrogen) atoms. The van der Waals surface area contributed by atoms with Gasteiger partial charge in [-0.25, -0.2) is 9.97 Å². The highest BCUT2D eigenvalue weighted by Crippen LogP contribution is 2.29. The van der Waals surface area contributed by atoms with Gasteiger partial charge in [0, 0.05) is 26.2 Å². The van der Waals surface area contributed by atoms with Crippen molar-refractivity contribution >= 4 is 17.5 Å². The molecule has 2 heterocycles. The second kappa shape index (κ2) is 5.51. The van der Waals surface area contributed by atoms with Crippen LogP contribution in [0.15, 0.2) is 6.07 Å². The molecular formula is C11H14F3N5O. The van der Waals surface area contributed by atoms with Gasteiger partial charge >= 0.3 is 6.18 Å². The topological polar surface area (TPSA) is 70.2 Å². The fourth-order valence-corrected chi connectivity index (χ4v) is 1.85. The van der Waals surface area contributed by atoms with Crippen molar-refractivity contribution in [2.75, 3.05) is 36.9 Å². The lowest BCUT2D eigenvalue weighted by molar-refractivity contribution is -0.144. The number of rotatable bonds is 2. The maximum atomic E-state index is 12.8. The first-order valence-electron chi connectivity index (χ1n) is 6.06. The van der Waals surface area contributed by atoms with Crippen molar-refractivity contribution in [2.24, 2.45) is 0 Å². The number of carbonyl (C=O) groups excluding carboxylic acids is 1. The number of carbonyl (C=O) groups is 1. The summed E-state index contributed by atoms with van der Waals surface area (Å²) in [6.07, 6.45) is -3.98. The molecule has 1 amide bonds. The number of hydrogen-bond donors (Lipinski definition) is 2. The van der Waals surface area contributed by atoms with E-state index in [1.165, 1.54) is 18.0 Å². The average molecular weight is 289 g/mol. The maximum Gasteiger partial charge on any atom is 0.451 e. The van der Waals surface area contributed by atoms with E-state index in [0.29, 0.717) is 19.5 Å². The van der Waals surface area contributed by atoms with Crippen LogP contribution in [0.4, 0.5) is 24.8 Å². The molecule has 1 fully saturated rings. The Bertz CT molecular complexity index is 505. The molecule has 0 aromatic carbocycles. The zero-order valence-corrected chi connectivity index (χ0v) is 10.8. The summed E-state index contributed by atoms with van der Waals surface area (Å²) in [4.78, 5) is 19.9. The quantitative estimate of drug-likeness (QED) is 0.845. The Morgan fingerprint density at radius 3 is 2.80 bits per heavy atom. The summed E-state index contributed by atoms with van der Waals surface area (Å²) in [6, 6.07) is 1.40. The molecule has 1 aliphatic rings. The van der Waals surface area contributed by atoms with Crippen LogP contribution in [0.2, 0.25) is 0 Å². The Hall–Kier alpha value is -2.06. The standard InChI is InChI=1S/C11H14F3N5O/c1-15-7-5-8(18-10(17-7)11(12,13)14)19-4-2-3-16-9(20)6-19/h5H,2-4,6H2,1H3,(H,16,20)(H,15,17,18). The van der Waals surface area contributed by atoms with Gasteiger partial charge < -0.3 is 15.5 Å². The average Bonchev–Trinajstić information content (AvgIpc) is 2.62. The highest BCUT2D eigenvalue weighted by atomic mass is 19.4. The smallest absolute Gasteiger partial charge is 0.373 e. The zero-order valence-electron chi connectivity index (χ0n) is 10.8. The van der Waals surface area contributed by atoms with E-state index in [9.17, 15) is 18.0 Å². The molecule has 0 saturated carbocycles. The van der Waals surface area contributed by atoms with Gasteiger partial charge in [-0.1, -0.05) is 0 Å². The first-order chi connectivity index (χ1) is 9.40. The van der Waals surface area contributed by atoms with Crippen LogP contribution in [-0.4, -0.2) is 42.6 Å². The molecule has 1 saturated heterocycles. The second-order valence-electron chi connectivity index (χ2n) is 4.31. The van der Waals surface area contributed by atoms with Crippen molar-refractivity contribution in [2.45, 2.75) is 12.6 Å². The molecule has 0 unspecified atom stereocenters. The lowest BCUT2D eigenvalue weighted by atomic mass is 10.3. The van der Waals surface area contributed by atoms with Crippen molar-refractivity contribution in [3.8, 4) is 0 Å². The minimum absolute atomic E-state index is 0.0164. The molecule has 6 nitrogen and oxygen atoms in total. The molecule has 0 atom stereocenters. The van der Waals surface area contributed by atoms with Crippen LogP contribution in [-0.2, 0) is 11.0 Å². The number of nitrogens with zero attached hydrogens (tertiary/aromatic N) is 3. The fraction of sp³-hybridized carbons (Fsp3) is 0.545. The maximum absolute atomic E-state index is 12.8. The Balaban J connectivity index is 2.36. The van der Waals surface area contributed by atoms with Crippen molar-refractivity contribution in [3.63, 3.8) is 0 Å². The lowest BCUT2D eigenvalue weighted by Gasteiger charge is -2.21. The van der Waals surface area contributed by atoms with E-state index in [-0.39, 0.29) is 24.1 Å². The normalized spacial score (nSPS) is 16.6. The summed E-state index contributed by atoms with van der Waals surface area (Å²) >= 11 is 0. The molecule has 1 aromatic rings. The van der Waals surface area contributed by atoms with Gasteiger partial charge in [0.25, 0.3) is 0 Å². The van der Waals surface area contributed by atoms with Gasteiger partial charge in [-0.3, -0.25) is 4.79 Å². The number of alkyl halides is 3. The van der Waals surface area contributed by atoms with Crippen molar-refractivity contribution in [3.05, 3.63) is 11.9 Å². The summed E-state index contributed by atoms with van der Waals surface area (Å²) in [5.74, 6) is -1.30. The van der Waals surface area contributed by atoms with Crippen LogP contribution in [0.1, 0.15) is 12.2 Å². The van der Waals surface area contributed by atoms with E-state index in [1.54, 1.807) is 0 Å². The van der Waals surface area contributed by atoms with Gasteiger partial charge in [0.15, 0.2) is 0 Å². The highest BCUT2D eigenvalue weighted by molar-refractivity contribution is 5.81. The van der Waals surface area contributed by atoms with Crippen LogP contribution >= 0.6 is 0 Å². The minimum Gasteiger partial charge on any atom is -0.373 e. The monoisotopic (exact) mass is 289 g/mol. The predicted molar refractivity (Wildman–Crippen MR) is 66.4 cm³/mol. The highest BCUT2D eigenvalue weighted by Gasteiger charge is 2.36. The molecule has 0 aliphatic carbocycles. The largest absolute Gasteiger partial charge is 0.451 e. The molecule has 0 bridgehead atoms. The molecule has 0 radical (unpaired) electrons. The summed E-state index contributed by atoms with van der Waals surface area (Å²) in [6.45, 7) is 0.944. The lowest BCUT2D eigenvalue weighted by Crippen LogP contribution is -2.34. The predicted octanol–water partition coefficient (Wildman–Crippen LogP) is 0.863. The van der Waals surface area contributed by atoms with Crippen molar-refractivity contribution in [1.29, 1.82) is 0 Å². The molecule has 110 valence electrons. The summed E-state index contributed by atoms with van der Waals surface area (Å²) in [7, 11) is 1.47. The SMILES string of the molecule is CNc1cc(N2CCCNC(=O)C2)nc(C(F)(F)F)n1. The van der Waals surface area contributed by atoms with Crippen LogP contribution in [0.3, 0.4) is 0 Å². The Kier molecular flexibility index (Phi) is 3.96. The molecule has 2 N–H and O–H groups in total. The van der Waals surface area contributed by atoms with E-state index in [4.69, 9.17) is 0 Å². The first kappa shape index (κ1) is 14.4. The summed E-state index contributed by atoms with van der Waals surface area (Å²) in [5.41, 5.74) is 0. The molecule has 1 aliphatic heterocycles. The zero-order chi connectivity index (χ0) is 14.8. The molecule has 0 spiro atoms.